The Kier molecular flexibility index (Phi) is 3.83. The number of carbonyl (C=O) groups is 1. The molecule has 1 N–H and O–H groups in total. The van der Waals surface area contributed by atoms with Crippen LogP contribution in [0.3, 0.4) is 0 Å². The molecule has 94 valence electrons. The third kappa shape index (κ3) is 3.66. The largest absolute Gasteiger partial charge is 0.481 e. The standard InChI is InChI=1S/C10H16F3NO2/c1-6(9(15)16)7(2)14(8-3-4-8)5-10(11,12)13/h6-8H,3-5H2,1-2H3,(H,15,16). The fourth-order valence-corrected chi connectivity index (χ4v) is 1.71. The van der Waals surface area contributed by atoms with Crippen LogP contribution in [0.15, 0.2) is 0 Å². The Morgan fingerprint density at radius 1 is 1.44 bits per heavy atom. The Balaban J connectivity index is 2.66. The first kappa shape index (κ1) is 13.3. The first-order chi connectivity index (χ1) is 7.22. The van der Waals surface area contributed by atoms with Gasteiger partial charge in [-0.1, -0.05) is 6.92 Å². The van der Waals surface area contributed by atoms with Crippen LogP contribution in [-0.2, 0) is 4.79 Å². The molecule has 0 heterocycles. The highest BCUT2D eigenvalue weighted by Crippen LogP contribution is 2.33. The molecule has 1 aliphatic carbocycles. The Labute approximate surface area is 92.2 Å². The lowest BCUT2D eigenvalue weighted by molar-refractivity contribution is -0.160. The predicted octanol–water partition coefficient (Wildman–Crippen LogP) is 2.12. The van der Waals surface area contributed by atoms with Gasteiger partial charge in [0.05, 0.1) is 12.5 Å². The highest BCUT2D eigenvalue weighted by Gasteiger charge is 2.42. The summed E-state index contributed by atoms with van der Waals surface area (Å²) >= 11 is 0. The molecule has 0 aromatic heterocycles. The van der Waals surface area contributed by atoms with Crippen molar-refractivity contribution in [1.82, 2.24) is 4.90 Å². The number of hydrogen-bond acceptors (Lipinski definition) is 2. The number of hydrogen-bond donors (Lipinski definition) is 1. The van der Waals surface area contributed by atoms with Crippen molar-refractivity contribution in [3.05, 3.63) is 0 Å². The van der Waals surface area contributed by atoms with Gasteiger partial charge in [0, 0.05) is 12.1 Å². The van der Waals surface area contributed by atoms with Gasteiger partial charge in [-0.05, 0) is 19.8 Å². The average molecular weight is 239 g/mol. The zero-order valence-corrected chi connectivity index (χ0v) is 9.29. The van der Waals surface area contributed by atoms with E-state index in [1.807, 2.05) is 0 Å². The Bertz CT molecular complexity index is 263. The molecular formula is C10H16F3NO2. The second-order valence-corrected chi connectivity index (χ2v) is 4.39. The van der Waals surface area contributed by atoms with E-state index in [4.69, 9.17) is 5.11 Å². The van der Waals surface area contributed by atoms with E-state index in [2.05, 4.69) is 0 Å². The van der Waals surface area contributed by atoms with Crippen LogP contribution in [-0.4, -0.2) is 40.8 Å². The molecule has 2 unspecified atom stereocenters. The quantitative estimate of drug-likeness (QED) is 0.798. The zero-order chi connectivity index (χ0) is 12.5. The molecule has 0 aromatic carbocycles. The molecule has 1 aliphatic rings. The van der Waals surface area contributed by atoms with Crippen LogP contribution in [0.2, 0.25) is 0 Å². The first-order valence-corrected chi connectivity index (χ1v) is 5.27. The Morgan fingerprint density at radius 3 is 2.25 bits per heavy atom. The minimum atomic E-state index is -4.27. The second-order valence-electron chi connectivity index (χ2n) is 4.39. The molecule has 0 aliphatic heterocycles. The van der Waals surface area contributed by atoms with Crippen molar-refractivity contribution in [2.45, 2.75) is 44.9 Å². The van der Waals surface area contributed by atoms with Crippen LogP contribution >= 0.6 is 0 Å². The number of rotatable bonds is 5. The number of halogens is 3. The molecule has 0 spiro atoms. The fraction of sp³-hybridized carbons (Fsp3) is 0.900. The van der Waals surface area contributed by atoms with Gasteiger partial charge in [0.15, 0.2) is 0 Å². The van der Waals surface area contributed by atoms with E-state index in [0.29, 0.717) is 0 Å². The van der Waals surface area contributed by atoms with Gasteiger partial charge in [0.1, 0.15) is 0 Å². The van der Waals surface area contributed by atoms with Crippen molar-refractivity contribution in [2.75, 3.05) is 6.54 Å². The van der Waals surface area contributed by atoms with Crippen LogP contribution in [0.5, 0.6) is 0 Å². The number of carboxylic acids is 1. The molecule has 0 bridgehead atoms. The van der Waals surface area contributed by atoms with E-state index in [-0.39, 0.29) is 6.04 Å². The van der Waals surface area contributed by atoms with E-state index in [0.717, 1.165) is 12.8 Å². The Hall–Kier alpha value is -0.780. The fourth-order valence-electron chi connectivity index (χ4n) is 1.71. The van der Waals surface area contributed by atoms with Crippen LogP contribution in [0.25, 0.3) is 0 Å². The van der Waals surface area contributed by atoms with E-state index in [9.17, 15) is 18.0 Å². The minimum Gasteiger partial charge on any atom is -0.481 e. The summed E-state index contributed by atoms with van der Waals surface area (Å²) in [5.41, 5.74) is 0. The third-order valence-electron chi connectivity index (χ3n) is 3.01. The molecule has 3 nitrogen and oxygen atoms in total. The molecule has 2 atom stereocenters. The first-order valence-electron chi connectivity index (χ1n) is 5.27. The number of aliphatic carboxylic acids is 1. The minimum absolute atomic E-state index is 0.0987. The molecular weight excluding hydrogens is 223 g/mol. The monoisotopic (exact) mass is 239 g/mol. The van der Waals surface area contributed by atoms with Crippen LogP contribution in [0, 0.1) is 5.92 Å². The smallest absolute Gasteiger partial charge is 0.401 e. The van der Waals surface area contributed by atoms with E-state index < -0.39 is 30.7 Å². The van der Waals surface area contributed by atoms with E-state index in [1.54, 1.807) is 6.92 Å². The van der Waals surface area contributed by atoms with Gasteiger partial charge in [-0.3, -0.25) is 9.69 Å². The number of carboxylic acid groups (broad SMARTS) is 1. The van der Waals surface area contributed by atoms with Gasteiger partial charge in [-0.2, -0.15) is 13.2 Å². The second kappa shape index (κ2) is 4.61. The summed E-state index contributed by atoms with van der Waals surface area (Å²) in [6.45, 7) is 1.97. The predicted molar refractivity (Wildman–Crippen MR) is 52.0 cm³/mol. The lowest BCUT2D eigenvalue weighted by Crippen LogP contribution is -2.46. The normalized spacial score (nSPS) is 20.9. The van der Waals surface area contributed by atoms with Crippen molar-refractivity contribution in [1.29, 1.82) is 0 Å². The molecule has 6 heteroatoms. The lowest BCUT2D eigenvalue weighted by atomic mass is 10.0. The van der Waals surface area contributed by atoms with Crippen molar-refractivity contribution >= 4 is 5.97 Å². The van der Waals surface area contributed by atoms with Crippen molar-refractivity contribution < 1.29 is 23.1 Å². The highest BCUT2D eigenvalue weighted by molar-refractivity contribution is 5.70. The van der Waals surface area contributed by atoms with Crippen molar-refractivity contribution in [3.8, 4) is 0 Å². The van der Waals surface area contributed by atoms with Crippen molar-refractivity contribution in [2.24, 2.45) is 5.92 Å². The molecule has 0 aromatic rings. The molecule has 1 fully saturated rings. The molecule has 16 heavy (non-hydrogen) atoms. The summed E-state index contributed by atoms with van der Waals surface area (Å²) in [7, 11) is 0. The van der Waals surface area contributed by atoms with Crippen LogP contribution < -0.4 is 0 Å². The summed E-state index contributed by atoms with van der Waals surface area (Å²) in [5.74, 6) is -1.84. The number of nitrogens with zero attached hydrogens (tertiary/aromatic N) is 1. The summed E-state index contributed by atoms with van der Waals surface area (Å²) in [4.78, 5) is 12.0. The maximum atomic E-state index is 12.3. The van der Waals surface area contributed by atoms with E-state index >= 15 is 0 Å². The summed E-state index contributed by atoms with van der Waals surface area (Å²) in [6, 6.07) is -0.690. The van der Waals surface area contributed by atoms with Gasteiger partial charge < -0.3 is 5.11 Å². The molecule has 0 saturated heterocycles. The van der Waals surface area contributed by atoms with Gasteiger partial charge >= 0.3 is 12.1 Å². The molecule has 0 amide bonds. The van der Waals surface area contributed by atoms with Crippen LogP contribution in [0.1, 0.15) is 26.7 Å². The molecule has 1 saturated carbocycles. The summed E-state index contributed by atoms with van der Waals surface area (Å²) in [5, 5.41) is 8.79. The van der Waals surface area contributed by atoms with Gasteiger partial charge in [0.2, 0.25) is 0 Å². The Morgan fingerprint density at radius 2 is 1.94 bits per heavy atom. The van der Waals surface area contributed by atoms with Crippen LogP contribution in [0.4, 0.5) is 13.2 Å². The highest BCUT2D eigenvalue weighted by atomic mass is 19.4. The van der Waals surface area contributed by atoms with Gasteiger partial charge in [-0.25, -0.2) is 0 Å². The van der Waals surface area contributed by atoms with Gasteiger partial charge in [0.25, 0.3) is 0 Å². The van der Waals surface area contributed by atoms with Crippen molar-refractivity contribution in [3.63, 3.8) is 0 Å². The molecule has 0 radical (unpaired) electrons. The summed E-state index contributed by atoms with van der Waals surface area (Å²) < 4.78 is 37.0. The zero-order valence-electron chi connectivity index (χ0n) is 9.29. The maximum absolute atomic E-state index is 12.3. The lowest BCUT2D eigenvalue weighted by Gasteiger charge is -2.32. The van der Waals surface area contributed by atoms with Gasteiger partial charge in [-0.15, -0.1) is 0 Å². The molecule has 1 rings (SSSR count). The SMILES string of the molecule is CC(C(=O)O)C(C)N(CC(F)(F)F)C1CC1. The topological polar surface area (TPSA) is 40.5 Å². The average Bonchev–Trinajstić information content (AvgIpc) is 2.93. The van der Waals surface area contributed by atoms with E-state index in [1.165, 1.54) is 11.8 Å². The summed E-state index contributed by atoms with van der Waals surface area (Å²) in [6.07, 6.45) is -2.81. The number of alkyl halides is 3. The third-order valence-corrected chi connectivity index (χ3v) is 3.01. The maximum Gasteiger partial charge on any atom is 0.401 e.